The predicted molar refractivity (Wildman–Crippen MR) is 61.1 cm³/mol. The Kier molecular flexibility index (Phi) is 3.16. The molecule has 14 heavy (non-hydrogen) atoms. The van der Waals surface area contributed by atoms with Crippen molar-refractivity contribution in [3.05, 3.63) is 6.42 Å². The van der Waals surface area contributed by atoms with Crippen LogP contribution >= 0.6 is 0 Å². The predicted octanol–water partition coefficient (Wildman–Crippen LogP) is 3.26. The summed E-state index contributed by atoms with van der Waals surface area (Å²) < 4.78 is 0. The Balaban J connectivity index is 1.89. The molecule has 1 radical (unpaired) electrons. The van der Waals surface area contributed by atoms with Crippen LogP contribution in [0.4, 0.5) is 0 Å². The Morgan fingerprint density at radius 3 is 2.50 bits per heavy atom. The number of rotatable bonds is 1. The molecule has 2 rings (SSSR count). The lowest BCUT2D eigenvalue weighted by Crippen LogP contribution is -2.43. The second-order valence-corrected chi connectivity index (χ2v) is 5.72. The van der Waals surface area contributed by atoms with Crippen molar-refractivity contribution < 1.29 is 0 Å². The van der Waals surface area contributed by atoms with Crippen LogP contribution < -0.4 is 0 Å². The summed E-state index contributed by atoms with van der Waals surface area (Å²) >= 11 is 0. The van der Waals surface area contributed by atoms with E-state index in [1.165, 1.54) is 51.6 Å². The van der Waals surface area contributed by atoms with E-state index in [1.54, 1.807) is 0 Å². The molecule has 0 N–H and O–H groups in total. The second kappa shape index (κ2) is 4.22. The van der Waals surface area contributed by atoms with Gasteiger partial charge in [0.15, 0.2) is 0 Å². The van der Waals surface area contributed by atoms with Gasteiger partial charge in [0.05, 0.1) is 0 Å². The minimum absolute atomic E-state index is 0.486. The maximum atomic E-state index is 2.75. The van der Waals surface area contributed by atoms with Crippen LogP contribution in [0.15, 0.2) is 0 Å². The van der Waals surface area contributed by atoms with Crippen molar-refractivity contribution in [1.29, 1.82) is 0 Å². The SMILES string of the molecule is CC1(C)[CH]CCC(N2CCCCC2)C1. The van der Waals surface area contributed by atoms with Gasteiger partial charge in [0.25, 0.3) is 0 Å². The van der Waals surface area contributed by atoms with Gasteiger partial charge in [0, 0.05) is 6.04 Å². The normalized spacial score (nSPS) is 34.3. The topological polar surface area (TPSA) is 3.24 Å². The highest BCUT2D eigenvalue weighted by atomic mass is 15.2. The third kappa shape index (κ3) is 2.50. The molecule has 81 valence electrons. The zero-order valence-electron chi connectivity index (χ0n) is 9.76. The van der Waals surface area contributed by atoms with Crippen LogP contribution in [0.3, 0.4) is 0 Å². The zero-order valence-corrected chi connectivity index (χ0v) is 9.76. The maximum Gasteiger partial charge on any atom is 0.0100 e. The highest BCUT2D eigenvalue weighted by Crippen LogP contribution is 2.37. The average molecular weight is 194 g/mol. The van der Waals surface area contributed by atoms with Gasteiger partial charge in [-0.25, -0.2) is 0 Å². The molecule has 0 amide bonds. The number of likely N-dealkylation sites (tertiary alicyclic amines) is 1. The summed E-state index contributed by atoms with van der Waals surface area (Å²) in [5, 5.41) is 0. The molecule has 2 aliphatic rings. The Morgan fingerprint density at radius 1 is 1.14 bits per heavy atom. The van der Waals surface area contributed by atoms with E-state index in [0.717, 1.165) is 6.04 Å². The fraction of sp³-hybridized carbons (Fsp3) is 0.923. The molecule has 1 unspecified atom stereocenters. The molecule has 0 spiro atoms. The molecule has 0 aromatic heterocycles. The van der Waals surface area contributed by atoms with Gasteiger partial charge in [0.2, 0.25) is 0 Å². The molecule has 0 aromatic carbocycles. The summed E-state index contributed by atoms with van der Waals surface area (Å²) in [6.07, 6.45) is 11.0. The lowest BCUT2D eigenvalue weighted by atomic mass is 9.74. The number of hydrogen-bond acceptors (Lipinski definition) is 1. The van der Waals surface area contributed by atoms with E-state index in [4.69, 9.17) is 0 Å². The quantitative estimate of drug-likeness (QED) is 0.619. The van der Waals surface area contributed by atoms with Crippen LogP contribution in [0.25, 0.3) is 0 Å². The zero-order chi connectivity index (χ0) is 10.0. The molecule has 1 aliphatic heterocycles. The lowest BCUT2D eigenvalue weighted by Gasteiger charge is -2.42. The van der Waals surface area contributed by atoms with Gasteiger partial charge in [-0.15, -0.1) is 0 Å². The van der Waals surface area contributed by atoms with Crippen molar-refractivity contribution in [1.82, 2.24) is 4.90 Å². The molecule has 1 saturated carbocycles. The van der Waals surface area contributed by atoms with Crippen LogP contribution in [-0.2, 0) is 0 Å². The molecule has 1 saturated heterocycles. The highest BCUT2D eigenvalue weighted by Gasteiger charge is 2.31. The molecule has 2 fully saturated rings. The van der Waals surface area contributed by atoms with E-state index in [-0.39, 0.29) is 0 Å². The number of nitrogens with zero attached hydrogens (tertiary/aromatic N) is 1. The average Bonchev–Trinajstić information content (AvgIpc) is 2.18. The van der Waals surface area contributed by atoms with Gasteiger partial charge in [-0.3, -0.25) is 0 Å². The molecule has 0 aromatic rings. The summed E-state index contributed by atoms with van der Waals surface area (Å²) in [6, 6.07) is 0.885. The molecule has 1 heterocycles. The molecular weight excluding hydrogens is 170 g/mol. The van der Waals surface area contributed by atoms with Crippen molar-refractivity contribution in [3.8, 4) is 0 Å². The van der Waals surface area contributed by atoms with Crippen molar-refractivity contribution in [2.24, 2.45) is 5.41 Å². The van der Waals surface area contributed by atoms with Crippen LogP contribution in [0, 0.1) is 11.8 Å². The van der Waals surface area contributed by atoms with Crippen LogP contribution in [0.5, 0.6) is 0 Å². The molecule has 1 aliphatic carbocycles. The number of hydrogen-bond donors (Lipinski definition) is 0. The molecule has 1 heteroatoms. The van der Waals surface area contributed by atoms with Crippen molar-refractivity contribution in [2.45, 2.75) is 58.4 Å². The van der Waals surface area contributed by atoms with E-state index in [9.17, 15) is 0 Å². The summed E-state index contributed by atoms with van der Waals surface area (Å²) in [4.78, 5) is 2.75. The minimum Gasteiger partial charge on any atom is -0.300 e. The van der Waals surface area contributed by atoms with Gasteiger partial charge in [-0.1, -0.05) is 20.3 Å². The maximum absolute atomic E-state index is 2.75. The molecule has 0 bridgehead atoms. The van der Waals surface area contributed by atoms with E-state index in [0.29, 0.717) is 5.41 Å². The number of piperidine rings is 1. The first-order chi connectivity index (χ1) is 6.67. The van der Waals surface area contributed by atoms with Crippen molar-refractivity contribution in [3.63, 3.8) is 0 Å². The van der Waals surface area contributed by atoms with E-state index in [1.807, 2.05) is 0 Å². The summed E-state index contributed by atoms with van der Waals surface area (Å²) in [6.45, 7) is 7.51. The first-order valence-electron chi connectivity index (χ1n) is 6.26. The Morgan fingerprint density at radius 2 is 1.86 bits per heavy atom. The Bertz CT molecular complexity index is 180. The summed E-state index contributed by atoms with van der Waals surface area (Å²) in [5.41, 5.74) is 0.486. The molecule has 1 nitrogen and oxygen atoms in total. The standard InChI is InChI=1S/C13H24N/c1-13(2)8-6-7-12(11-13)14-9-4-3-5-10-14/h8,12H,3-7,9-11H2,1-2H3. The largest absolute Gasteiger partial charge is 0.300 e. The monoisotopic (exact) mass is 194 g/mol. The first-order valence-corrected chi connectivity index (χ1v) is 6.26. The van der Waals surface area contributed by atoms with Gasteiger partial charge in [-0.2, -0.15) is 0 Å². The third-order valence-electron chi connectivity index (χ3n) is 3.87. The smallest absolute Gasteiger partial charge is 0.0100 e. The molecular formula is C13H24N. The van der Waals surface area contributed by atoms with E-state index < -0.39 is 0 Å². The van der Waals surface area contributed by atoms with Crippen molar-refractivity contribution >= 4 is 0 Å². The fourth-order valence-corrected chi connectivity index (χ4v) is 3.05. The Hall–Kier alpha value is -0.0400. The van der Waals surface area contributed by atoms with Gasteiger partial charge < -0.3 is 4.90 Å². The van der Waals surface area contributed by atoms with E-state index >= 15 is 0 Å². The van der Waals surface area contributed by atoms with Crippen LogP contribution in [0.2, 0.25) is 0 Å². The highest BCUT2D eigenvalue weighted by molar-refractivity contribution is 4.95. The molecule has 1 atom stereocenters. The fourth-order valence-electron chi connectivity index (χ4n) is 3.05. The minimum atomic E-state index is 0.486. The Labute approximate surface area is 88.9 Å². The van der Waals surface area contributed by atoms with E-state index in [2.05, 4.69) is 25.2 Å². The van der Waals surface area contributed by atoms with Gasteiger partial charge in [-0.05, 0) is 57.0 Å². The second-order valence-electron chi connectivity index (χ2n) is 5.72. The van der Waals surface area contributed by atoms with Crippen LogP contribution in [0.1, 0.15) is 52.4 Å². The first kappa shape index (κ1) is 10.5. The lowest BCUT2D eigenvalue weighted by molar-refractivity contribution is 0.103. The summed E-state index contributed by atoms with van der Waals surface area (Å²) in [5.74, 6) is 0. The third-order valence-corrected chi connectivity index (χ3v) is 3.87. The van der Waals surface area contributed by atoms with Crippen molar-refractivity contribution in [2.75, 3.05) is 13.1 Å². The van der Waals surface area contributed by atoms with Gasteiger partial charge in [0.1, 0.15) is 0 Å². The van der Waals surface area contributed by atoms with Crippen LogP contribution in [-0.4, -0.2) is 24.0 Å². The van der Waals surface area contributed by atoms with Gasteiger partial charge >= 0.3 is 0 Å². The summed E-state index contributed by atoms with van der Waals surface area (Å²) in [7, 11) is 0.